The zero-order valence-electron chi connectivity index (χ0n) is 14.4. The quantitative estimate of drug-likeness (QED) is 0.731. The summed E-state index contributed by atoms with van der Waals surface area (Å²) >= 11 is 0. The Morgan fingerprint density at radius 3 is 2.48 bits per heavy atom. The second kappa shape index (κ2) is 8.71. The first-order chi connectivity index (χ1) is 9.84. The Kier molecular flexibility index (Phi) is 7.63. The lowest BCUT2D eigenvalue weighted by atomic mass is 9.95. The molecule has 1 aliphatic heterocycles. The summed E-state index contributed by atoms with van der Waals surface area (Å²) < 4.78 is 5.16. The lowest BCUT2D eigenvalue weighted by Crippen LogP contribution is -2.48. The third kappa shape index (κ3) is 7.25. The third-order valence-electron chi connectivity index (χ3n) is 4.25. The maximum absolute atomic E-state index is 12.0. The molecule has 0 radical (unpaired) electrons. The fourth-order valence-corrected chi connectivity index (χ4v) is 2.65. The van der Waals surface area contributed by atoms with Gasteiger partial charge in [-0.3, -0.25) is 9.69 Å². The van der Waals surface area contributed by atoms with Crippen LogP contribution in [0.1, 0.15) is 33.6 Å². The summed E-state index contributed by atoms with van der Waals surface area (Å²) in [5.74, 6) is 0.153. The third-order valence-corrected chi connectivity index (χ3v) is 4.25. The molecule has 0 spiro atoms. The fourth-order valence-electron chi connectivity index (χ4n) is 2.65. The standard InChI is InChI=1S/C16H33N3O2/c1-14(19-10-8-18(4)9-11-19)6-7-15(20)17-12-16(2,3)13-21-5/h14H,6-13H2,1-5H3,(H,17,20)/t14-/m0/s1. The smallest absolute Gasteiger partial charge is 0.220 e. The molecule has 1 atom stereocenters. The van der Waals surface area contributed by atoms with Crippen molar-refractivity contribution in [3.63, 3.8) is 0 Å². The van der Waals surface area contributed by atoms with E-state index < -0.39 is 0 Å². The molecule has 1 rings (SSSR count). The van der Waals surface area contributed by atoms with Crippen molar-refractivity contribution >= 4 is 5.91 Å². The number of likely N-dealkylation sites (N-methyl/N-ethyl adjacent to an activating group) is 1. The first-order valence-corrected chi connectivity index (χ1v) is 8.02. The van der Waals surface area contributed by atoms with Crippen molar-refractivity contribution < 1.29 is 9.53 Å². The second-order valence-electron chi connectivity index (χ2n) is 7.10. The van der Waals surface area contributed by atoms with Crippen molar-refractivity contribution in [1.82, 2.24) is 15.1 Å². The molecule has 0 aromatic carbocycles. The van der Waals surface area contributed by atoms with Gasteiger partial charge in [0.05, 0.1) is 6.61 Å². The van der Waals surface area contributed by atoms with E-state index in [9.17, 15) is 4.79 Å². The van der Waals surface area contributed by atoms with Gasteiger partial charge >= 0.3 is 0 Å². The van der Waals surface area contributed by atoms with Crippen LogP contribution in [0.25, 0.3) is 0 Å². The molecule has 0 aliphatic carbocycles. The highest BCUT2D eigenvalue weighted by molar-refractivity contribution is 5.75. The molecule has 1 heterocycles. The molecule has 0 unspecified atom stereocenters. The van der Waals surface area contributed by atoms with Crippen molar-refractivity contribution in [3.8, 4) is 0 Å². The monoisotopic (exact) mass is 299 g/mol. The van der Waals surface area contributed by atoms with Crippen LogP contribution in [0, 0.1) is 5.41 Å². The van der Waals surface area contributed by atoms with E-state index in [4.69, 9.17) is 4.74 Å². The number of carbonyl (C=O) groups excluding carboxylic acids is 1. The molecular formula is C16H33N3O2. The van der Waals surface area contributed by atoms with Crippen molar-refractivity contribution in [2.24, 2.45) is 5.41 Å². The van der Waals surface area contributed by atoms with E-state index in [1.54, 1.807) is 7.11 Å². The lowest BCUT2D eigenvalue weighted by Gasteiger charge is -2.36. The van der Waals surface area contributed by atoms with Crippen molar-refractivity contribution in [2.45, 2.75) is 39.7 Å². The Labute approximate surface area is 130 Å². The molecule has 1 N–H and O–H groups in total. The molecular weight excluding hydrogens is 266 g/mol. The molecule has 0 aromatic rings. The van der Waals surface area contributed by atoms with Gasteiger partial charge in [-0.05, 0) is 20.4 Å². The number of hydrogen-bond acceptors (Lipinski definition) is 4. The molecule has 5 nitrogen and oxygen atoms in total. The van der Waals surface area contributed by atoms with Crippen LogP contribution in [-0.4, -0.2) is 75.2 Å². The summed E-state index contributed by atoms with van der Waals surface area (Å²) in [6.07, 6.45) is 1.54. The fraction of sp³-hybridized carbons (Fsp3) is 0.938. The minimum absolute atomic E-state index is 0.00647. The molecule has 0 aromatic heterocycles. The maximum Gasteiger partial charge on any atom is 0.220 e. The van der Waals surface area contributed by atoms with Gasteiger partial charge in [0.25, 0.3) is 0 Å². The Morgan fingerprint density at radius 1 is 1.29 bits per heavy atom. The van der Waals surface area contributed by atoms with Crippen LogP contribution in [-0.2, 0) is 9.53 Å². The van der Waals surface area contributed by atoms with Crippen LogP contribution < -0.4 is 5.32 Å². The van der Waals surface area contributed by atoms with E-state index in [0.717, 1.165) is 32.6 Å². The van der Waals surface area contributed by atoms with E-state index in [0.29, 0.717) is 25.6 Å². The number of methoxy groups -OCH3 is 1. The Balaban J connectivity index is 2.20. The molecule has 21 heavy (non-hydrogen) atoms. The number of ether oxygens (including phenoxy) is 1. The van der Waals surface area contributed by atoms with Crippen molar-refractivity contribution in [1.29, 1.82) is 0 Å². The van der Waals surface area contributed by atoms with Crippen LogP contribution >= 0.6 is 0 Å². The number of amides is 1. The van der Waals surface area contributed by atoms with E-state index in [-0.39, 0.29) is 11.3 Å². The van der Waals surface area contributed by atoms with Gasteiger partial charge in [-0.1, -0.05) is 13.8 Å². The summed E-state index contributed by atoms with van der Waals surface area (Å²) in [4.78, 5) is 16.8. The van der Waals surface area contributed by atoms with E-state index in [2.05, 4.69) is 42.9 Å². The lowest BCUT2D eigenvalue weighted by molar-refractivity contribution is -0.122. The zero-order valence-corrected chi connectivity index (χ0v) is 14.4. The Morgan fingerprint density at radius 2 is 1.90 bits per heavy atom. The van der Waals surface area contributed by atoms with Crippen LogP contribution in [0.4, 0.5) is 0 Å². The van der Waals surface area contributed by atoms with Crippen LogP contribution in [0.5, 0.6) is 0 Å². The summed E-state index contributed by atoms with van der Waals surface area (Å²) in [6, 6.07) is 0.483. The average molecular weight is 299 g/mol. The number of rotatable bonds is 8. The molecule has 0 saturated carbocycles. The van der Waals surface area contributed by atoms with Crippen molar-refractivity contribution in [3.05, 3.63) is 0 Å². The van der Waals surface area contributed by atoms with Gasteiger partial charge in [0.15, 0.2) is 0 Å². The summed E-state index contributed by atoms with van der Waals surface area (Å²) in [5.41, 5.74) is -0.00647. The number of carbonyl (C=O) groups is 1. The topological polar surface area (TPSA) is 44.8 Å². The van der Waals surface area contributed by atoms with Gasteiger partial charge in [0.1, 0.15) is 0 Å². The largest absolute Gasteiger partial charge is 0.384 e. The summed E-state index contributed by atoms with van der Waals surface area (Å²) in [7, 11) is 3.86. The SMILES string of the molecule is COCC(C)(C)CNC(=O)CC[C@H](C)N1CCN(C)CC1. The van der Waals surface area contributed by atoms with Gasteiger partial charge in [-0.25, -0.2) is 0 Å². The van der Waals surface area contributed by atoms with Crippen LogP contribution in [0.2, 0.25) is 0 Å². The first kappa shape index (κ1) is 18.4. The Hall–Kier alpha value is -0.650. The minimum Gasteiger partial charge on any atom is -0.384 e. The number of piperazine rings is 1. The number of nitrogens with one attached hydrogen (secondary N) is 1. The minimum atomic E-state index is -0.00647. The highest BCUT2D eigenvalue weighted by Crippen LogP contribution is 2.14. The molecule has 1 fully saturated rings. The average Bonchev–Trinajstić information content (AvgIpc) is 2.43. The summed E-state index contributed by atoms with van der Waals surface area (Å²) in [5, 5.41) is 3.03. The van der Waals surface area contributed by atoms with E-state index in [1.807, 2.05) is 0 Å². The van der Waals surface area contributed by atoms with Crippen LogP contribution in [0.15, 0.2) is 0 Å². The predicted octanol–water partition coefficient (Wildman–Crippen LogP) is 1.19. The molecule has 124 valence electrons. The van der Waals surface area contributed by atoms with E-state index >= 15 is 0 Å². The highest BCUT2D eigenvalue weighted by atomic mass is 16.5. The van der Waals surface area contributed by atoms with Gasteiger partial charge < -0.3 is 15.0 Å². The van der Waals surface area contributed by atoms with Gasteiger partial charge in [-0.2, -0.15) is 0 Å². The molecule has 1 aliphatic rings. The van der Waals surface area contributed by atoms with Gasteiger partial charge in [-0.15, -0.1) is 0 Å². The first-order valence-electron chi connectivity index (χ1n) is 8.02. The van der Waals surface area contributed by atoms with E-state index in [1.165, 1.54) is 0 Å². The second-order valence-corrected chi connectivity index (χ2v) is 7.10. The number of hydrogen-bond donors (Lipinski definition) is 1. The molecule has 5 heteroatoms. The van der Waals surface area contributed by atoms with Crippen molar-refractivity contribution in [2.75, 3.05) is 53.5 Å². The Bertz CT molecular complexity index is 313. The molecule has 1 amide bonds. The summed E-state index contributed by atoms with van der Waals surface area (Å²) in [6.45, 7) is 12.2. The maximum atomic E-state index is 12.0. The zero-order chi connectivity index (χ0) is 15.9. The van der Waals surface area contributed by atoms with Crippen LogP contribution in [0.3, 0.4) is 0 Å². The number of nitrogens with zero attached hydrogens (tertiary/aromatic N) is 2. The molecule has 0 bridgehead atoms. The highest BCUT2D eigenvalue weighted by Gasteiger charge is 2.21. The predicted molar refractivity (Wildman–Crippen MR) is 86.4 cm³/mol. The van der Waals surface area contributed by atoms with Gasteiger partial charge in [0, 0.05) is 57.7 Å². The van der Waals surface area contributed by atoms with Gasteiger partial charge in [0.2, 0.25) is 5.91 Å². The normalized spacial score (nSPS) is 19.5. The molecule has 1 saturated heterocycles.